The molecule has 4 aliphatic rings. The van der Waals surface area contributed by atoms with Gasteiger partial charge in [0.15, 0.2) is 17.2 Å². The number of alkyl carbamates (subject to hydrolysis) is 1. The van der Waals surface area contributed by atoms with Gasteiger partial charge < -0.3 is 54.4 Å². The fourth-order valence-electron chi connectivity index (χ4n) is 11.3. The molecule has 2 aromatic rings. The zero-order valence-electron chi connectivity index (χ0n) is 44.3. The first-order valence-corrected chi connectivity index (χ1v) is 26.5. The van der Waals surface area contributed by atoms with E-state index < -0.39 is 136 Å². The van der Waals surface area contributed by atoms with Crippen LogP contribution in [0.3, 0.4) is 0 Å². The van der Waals surface area contributed by atoms with Crippen LogP contribution in [0.15, 0.2) is 71.8 Å². The Morgan fingerprint density at radius 1 is 0.893 bits per heavy atom. The van der Waals surface area contributed by atoms with Gasteiger partial charge in [-0.25, -0.2) is 14.4 Å². The fraction of sp³-hybridized carbons (Fsp3) is 0.600. The van der Waals surface area contributed by atoms with E-state index in [-0.39, 0.29) is 46.8 Å². The first-order valence-electron chi connectivity index (χ1n) is 25.4. The van der Waals surface area contributed by atoms with Gasteiger partial charge in [0.05, 0.1) is 47.2 Å². The number of amides is 2. The van der Waals surface area contributed by atoms with Crippen molar-refractivity contribution in [3.63, 3.8) is 0 Å². The molecule has 1 aliphatic heterocycles. The number of Topliss-reactive ketones (excluding diaryl/α,β-unsaturated/α-hetero) is 2. The number of thioether (sulfide) groups is 1. The standard InChI is InChI=1S/C55H72N2O17S/c1-11-12-15-24-35(31(3)58)56-39(61)27-75-28-40(62)71-44(42(33-20-16-13-17-21-33)57-50(67)74-51(5,6)7)49(66)70-36-26-55(68)47(72-48(65)34-22-18-14-19-23-34)45-53(10,46(64)43(63)41(30(36)2)52(55,8)9)37(60)25-38-54(45,29-69-38)73-32(4)59/h13-14,16-23,35-38,42-45,47,60,63,68H,11-12,15,24-29H2,1-10H3,(H,56,61)(H,57,67)/t35?,36-,37-,38+,42-,43+,44+,45-,47-,53+,54-,55+/m0/s1. The monoisotopic (exact) mass is 1060 g/mol. The lowest BCUT2D eigenvalue weighted by atomic mass is 9.44. The molecule has 3 aliphatic carbocycles. The number of carbonyl (C=O) groups is 8. The quantitative estimate of drug-likeness (QED) is 0.0523. The Hall–Kier alpha value is -5.67. The third kappa shape index (κ3) is 12.1. The van der Waals surface area contributed by atoms with Crippen LogP contribution in [-0.2, 0) is 57.2 Å². The molecule has 0 spiro atoms. The Balaban J connectivity index is 1.43. The van der Waals surface area contributed by atoms with Crippen LogP contribution in [0.2, 0.25) is 0 Å². The van der Waals surface area contributed by atoms with Crippen molar-refractivity contribution in [1.82, 2.24) is 10.6 Å². The lowest BCUT2D eigenvalue weighted by Crippen LogP contribution is -2.81. The summed E-state index contributed by atoms with van der Waals surface area (Å²) >= 11 is 0.844. The largest absolute Gasteiger partial charge is 0.455 e. The Kier molecular flexibility index (Phi) is 18.2. The van der Waals surface area contributed by atoms with Gasteiger partial charge in [-0.1, -0.05) is 88.6 Å². The van der Waals surface area contributed by atoms with Crippen LogP contribution in [0.4, 0.5) is 4.79 Å². The molecular formula is C55H72N2O17S. The van der Waals surface area contributed by atoms with Crippen LogP contribution in [0, 0.1) is 16.7 Å². The van der Waals surface area contributed by atoms with Crippen molar-refractivity contribution in [2.24, 2.45) is 16.7 Å². The molecule has 1 unspecified atom stereocenters. The number of rotatable bonds is 19. The molecule has 410 valence electrons. The number of hydrogen-bond donors (Lipinski definition) is 5. The van der Waals surface area contributed by atoms with Crippen molar-refractivity contribution in [3.05, 3.63) is 82.9 Å². The number of aliphatic hydroxyl groups excluding tert-OH is 2. The summed E-state index contributed by atoms with van der Waals surface area (Å²) in [4.78, 5) is 111. The number of ether oxygens (including phenoxy) is 6. The van der Waals surface area contributed by atoms with Crippen molar-refractivity contribution in [1.29, 1.82) is 0 Å². The molecule has 20 heteroatoms. The Labute approximate surface area is 441 Å². The molecule has 19 nitrogen and oxygen atoms in total. The average Bonchev–Trinajstić information content (AvgIpc) is 3.33. The third-order valence-corrected chi connectivity index (χ3v) is 16.1. The lowest BCUT2D eigenvalue weighted by Gasteiger charge is -2.67. The normalized spacial score (nSPS) is 28.9. The van der Waals surface area contributed by atoms with E-state index in [4.69, 9.17) is 28.4 Å². The highest BCUT2D eigenvalue weighted by Gasteiger charge is 2.78. The van der Waals surface area contributed by atoms with Crippen molar-refractivity contribution in [2.45, 2.75) is 173 Å². The Morgan fingerprint density at radius 3 is 2.11 bits per heavy atom. The smallest absolute Gasteiger partial charge is 0.408 e. The predicted octanol–water partition coefficient (Wildman–Crippen LogP) is 5.20. The van der Waals surface area contributed by atoms with Crippen LogP contribution in [0.5, 0.6) is 0 Å². The molecule has 1 heterocycles. The van der Waals surface area contributed by atoms with Gasteiger partial charge in [-0.15, -0.1) is 11.8 Å². The molecule has 2 amide bonds. The number of fused-ring (bicyclic) bond motifs is 5. The number of benzene rings is 2. The molecule has 0 radical (unpaired) electrons. The minimum atomic E-state index is -2.47. The zero-order chi connectivity index (χ0) is 55.4. The van der Waals surface area contributed by atoms with Gasteiger partial charge in [0.2, 0.25) is 12.0 Å². The summed E-state index contributed by atoms with van der Waals surface area (Å²) in [6.45, 7) is 14.9. The fourth-order valence-corrected chi connectivity index (χ4v) is 11.9. The van der Waals surface area contributed by atoms with Gasteiger partial charge >= 0.3 is 30.0 Å². The molecule has 75 heavy (non-hydrogen) atoms. The van der Waals surface area contributed by atoms with Crippen molar-refractivity contribution >= 4 is 59.2 Å². The summed E-state index contributed by atoms with van der Waals surface area (Å²) in [5, 5.41) is 43.6. The summed E-state index contributed by atoms with van der Waals surface area (Å²) in [7, 11) is 0. The molecule has 3 fully saturated rings. The highest BCUT2D eigenvalue weighted by Crippen LogP contribution is 2.64. The van der Waals surface area contributed by atoms with E-state index in [1.54, 1.807) is 69.3 Å². The maximum Gasteiger partial charge on any atom is 0.408 e. The molecule has 6 rings (SSSR count). The molecule has 2 saturated carbocycles. The van der Waals surface area contributed by atoms with Crippen LogP contribution in [0.25, 0.3) is 0 Å². The van der Waals surface area contributed by atoms with Gasteiger partial charge in [-0.05, 0) is 76.8 Å². The highest BCUT2D eigenvalue weighted by atomic mass is 32.2. The van der Waals surface area contributed by atoms with Crippen LogP contribution in [-0.4, -0.2) is 140 Å². The van der Waals surface area contributed by atoms with Gasteiger partial charge in [0, 0.05) is 25.2 Å². The number of hydrogen-bond acceptors (Lipinski definition) is 18. The van der Waals surface area contributed by atoms with E-state index in [1.165, 1.54) is 46.8 Å². The minimum Gasteiger partial charge on any atom is -0.455 e. The average molecular weight is 1070 g/mol. The molecular weight excluding hydrogens is 993 g/mol. The first kappa shape index (κ1) is 58.6. The summed E-state index contributed by atoms with van der Waals surface area (Å²) in [6.07, 6.45) is -9.17. The van der Waals surface area contributed by atoms with Crippen molar-refractivity contribution in [2.75, 3.05) is 18.1 Å². The van der Waals surface area contributed by atoms with Gasteiger partial charge in [-0.3, -0.25) is 24.0 Å². The number of unbranched alkanes of at least 4 members (excludes halogenated alkanes) is 2. The Bertz CT molecular complexity index is 2510. The summed E-state index contributed by atoms with van der Waals surface area (Å²) in [6, 6.07) is 13.5. The second-order valence-electron chi connectivity index (χ2n) is 21.8. The summed E-state index contributed by atoms with van der Waals surface area (Å²) in [5.74, 6) is -8.12. The van der Waals surface area contributed by atoms with E-state index in [1.807, 2.05) is 6.92 Å². The molecule has 2 aromatic carbocycles. The number of carbonyl (C=O) groups excluding carboxylic acids is 8. The summed E-state index contributed by atoms with van der Waals surface area (Å²) in [5.41, 5.74) is -8.89. The van der Waals surface area contributed by atoms with Gasteiger partial charge in [0.1, 0.15) is 41.7 Å². The molecule has 5 N–H and O–H groups in total. The second-order valence-corrected chi connectivity index (χ2v) is 22.7. The Morgan fingerprint density at radius 2 is 1.53 bits per heavy atom. The van der Waals surface area contributed by atoms with Gasteiger partial charge in [0.25, 0.3) is 0 Å². The first-order chi connectivity index (χ1) is 35.1. The molecule has 12 atom stereocenters. The summed E-state index contributed by atoms with van der Waals surface area (Å²) < 4.78 is 36.1. The number of aliphatic hydroxyl groups is 3. The van der Waals surface area contributed by atoms with E-state index in [0.29, 0.717) is 6.42 Å². The SMILES string of the molecule is CCCCCC(NC(=O)CSCC(=O)O[C@@H](C(=O)O[C@H]1C[C@@]2(O)[C@@H](OC(=O)c3ccccc3)[C@@H]3[C@]4(OC(C)=O)CO[C@@H]4C[C@H](O)[C@@]3(C)C(=O)[C@H](O)C(=C1C)C2(C)C)[C@@H](NC(=O)OC(C)(C)C)c1ccccc1)C(C)=O. The van der Waals surface area contributed by atoms with E-state index >= 15 is 9.59 Å². The molecule has 2 bridgehead atoms. The zero-order valence-corrected chi connectivity index (χ0v) is 45.1. The maximum absolute atomic E-state index is 15.3. The molecule has 1 saturated heterocycles. The lowest BCUT2D eigenvalue weighted by molar-refractivity contribution is -0.346. The van der Waals surface area contributed by atoms with Crippen LogP contribution < -0.4 is 10.6 Å². The number of nitrogens with one attached hydrogen (secondary N) is 2. The highest BCUT2D eigenvalue weighted by molar-refractivity contribution is 8.00. The van der Waals surface area contributed by atoms with Gasteiger partial charge in [-0.2, -0.15) is 0 Å². The van der Waals surface area contributed by atoms with Crippen LogP contribution in [0.1, 0.15) is 130 Å². The topological polar surface area (TPSA) is 277 Å². The van der Waals surface area contributed by atoms with E-state index in [9.17, 15) is 44.1 Å². The predicted molar refractivity (Wildman–Crippen MR) is 272 cm³/mol. The second kappa shape index (κ2) is 23.3. The van der Waals surface area contributed by atoms with Crippen molar-refractivity contribution in [3.8, 4) is 0 Å². The maximum atomic E-state index is 15.3. The van der Waals surface area contributed by atoms with E-state index in [0.717, 1.165) is 37.9 Å². The van der Waals surface area contributed by atoms with E-state index in [2.05, 4.69) is 10.6 Å². The number of esters is 4. The number of ketones is 2. The van der Waals surface area contributed by atoms with Crippen LogP contribution >= 0.6 is 11.8 Å². The molecule has 0 aromatic heterocycles. The third-order valence-electron chi connectivity index (χ3n) is 15.2. The minimum absolute atomic E-state index is 0.0367. The van der Waals surface area contributed by atoms with Crippen molar-refractivity contribution < 1.29 is 82.1 Å².